The molecule has 0 saturated heterocycles. The minimum Gasteiger partial charge on any atom is -0.475 e. The van der Waals surface area contributed by atoms with Gasteiger partial charge in [-0.25, -0.2) is 4.99 Å². The lowest BCUT2D eigenvalue weighted by Crippen LogP contribution is -2.36. The van der Waals surface area contributed by atoms with Crippen molar-refractivity contribution >= 4 is 5.90 Å². The van der Waals surface area contributed by atoms with Crippen LogP contribution in [0.3, 0.4) is 0 Å². The van der Waals surface area contributed by atoms with E-state index in [1.165, 1.54) is 103 Å². The van der Waals surface area contributed by atoms with Gasteiger partial charge in [-0.1, -0.05) is 65.0 Å². The Morgan fingerprint density at radius 3 is 1.94 bits per heavy atom. The van der Waals surface area contributed by atoms with E-state index in [2.05, 4.69) is 32.9 Å². The number of allylic oxidation sites excluding steroid dienone is 2. The number of hydrogen-bond donors (Lipinski definition) is 0. The van der Waals surface area contributed by atoms with Crippen LogP contribution in [0.4, 0.5) is 0 Å². The zero-order chi connectivity index (χ0) is 22.8. The van der Waals surface area contributed by atoms with Crippen molar-refractivity contribution in [2.45, 2.75) is 136 Å². The lowest BCUT2D eigenvalue weighted by molar-refractivity contribution is 0.0791. The minimum absolute atomic E-state index is 0.389. The van der Waals surface area contributed by atoms with E-state index in [0.717, 1.165) is 35.5 Å². The molecule has 1 heterocycles. The Kier molecular flexibility index (Phi) is 7.58. The highest BCUT2D eigenvalue weighted by atomic mass is 16.5. The summed E-state index contributed by atoms with van der Waals surface area (Å²) in [5.74, 6) is 6.32. The second-order valence-corrected chi connectivity index (χ2v) is 13.6. The molecule has 0 radical (unpaired) electrons. The quantitative estimate of drug-likeness (QED) is 0.390. The van der Waals surface area contributed by atoms with Gasteiger partial charge in [0.15, 0.2) is 5.90 Å². The number of hydrogen-bond acceptors (Lipinski definition) is 2. The summed E-state index contributed by atoms with van der Waals surface area (Å²) in [5.41, 5.74) is 0.406. The van der Waals surface area contributed by atoms with E-state index >= 15 is 0 Å². The van der Waals surface area contributed by atoms with Crippen molar-refractivity contribution in [2.24, 2.45) is 45.9 Å². The third-order valence-corrected chi connectivity index (χ3v) is 10.5. The molecule has 2 heteroatoms. The predicted molar refractivity (Wildman–Crippen MR) is 140 cm³/mol. The monoisotopic (exact) mass is 453 g/mol. The number of ether oxygens (including phenoxy) is 1. The van der Waals surface area contributed by atoms with Crippen LogP contribution in [0, 0.1) is 40.9 Å². The number of nitrogens with zero attached hydrogens (tertiary/aromatic N) is 1. The summed E-state index contributed by atoms with van der Waals surface area (Å²) in [6.07, 6.45) is 28.1. The van der Waals surface area contributed by atoms with Gasteiger partial charge in [-0.3, -0.25) is 0 Å². The normalized spacial score (nSPS) is 40.9. The van der Waals surface area contributed by atoms with E-state index in [1.807, 2.05) is 0 Å². The van der Waals surface area contributed by atoms with Crippen molar-refractivity contribution in [1.82, 2.24) is 0 Å². The Balaban J connectivity index is 1.04. The molecular formula is C31H51NO. The molecular weight excluding hydrogens is 402 g/mol. The van der Waals surface area contributed by atoms with Crippen LogP contribution in [-0.2, 0) is 4.74 Å². The summed E-state index contributed by atoms with van der Waals surface area (Å²) in [6.45, 7) is 7.20. The molecule has 5 rings (SSSR count). The first-order chi connectivity index (χ1) is 16.0. The molecule has 3 unspecified atom stereocenters. The number of aliphatic imine (C=N–C) groups is 1. The van der Waals surface area contributed by atoms with Crippen LogP contribution in [0.2, 0.25) is 0 Å². The maximum atomic E-state index is 6.45. The number of fused-ring (bicyclic) bond motifs is 1. The summed E-state index contributed by atoms with van der Waals surface area (Å²) in [6, 6.07) is 0.444. The van der Waals surface area contributed by atoms with Crippen molar-refractivity contribution in [3.63, 3.8) is 0 Å². The highest BCUT2D eigenvalue weighted by molar-refractivity contribution is 5.80. The van der Waals surface area contributed by atoms with Crippen molar-refractivity contribution in [1.29, 1.82) is 0 Å². The van der Waals surface area contributed by atoms with Gasteiger partial charge >= 0.3 is 0 Å². The zero-order valence-electron chi connectivity index (χ0n) is 21.9. The largest absolute Gasteiger partial charge is 0.475 e. The standard InChI is InChI=1S/C31H51NO/c1-31(2,3)27-19-20-29-28(21-27)32-30(33-29)26-17-13-23(14-18-26)10-9-22-11-15-25(16-12-22)24-7-5-4-6-8-24/h9-10,22-29H,4-8,11-21H2,1-3H3/b10-9+. The van der Waals surface area contributed by atoms with Gasteiger partial charge in [0.25, 0.3) is 0 Å². The topological polar surface area (TPSA) is 21.6 Å². The summed E-state index contributed by atoms with van der Waals surface area (Å²) in [4.78, 5) is 5.16. The smallest absolute Gasteiger partial charge is 0.187 e. The fourth-order valence-corrected chi connectivity index (χ4v) is 8.02. The molecule has 33 heavy (non-hydrogen) atoms. The van der Waals surface area contributed by atoms with Gasteiger partial charge < -0.3 is 4.74 Å². The SMILES string of the molecule is CC(C)(C)C1CCC2OC(C3CCC(/C=C/C4CCC(C5CCCCC5)CC4)CC3)=NC2C1. The molecule has 0 bridgehead atoms. The third kappa shape index (κ3) is 5.90. The third-order valence-electron chi connectivity index (χ3n) is 10.5. The highest BCUT2D eigenvalue weighted by Crippen LogP contribution is 2.44. The van der Waals surface area contributed by atoms with Crippen molar-refractivity contribution in [3.8, 4) is 0 Å². The van der Waals surface area contributed by atoms with E-state index in [4.69, 9.17) is 9.73 Å². The molecule has 5 aliphatic rings. The zero-order valence-corrected chi connectivity index (χ0v) is 21.9. The molecule has 0 aromatic heterocycles. The van der Waals surface area contributed by atoms with Crippen LogP contribution in [0.15, 0.2) is 17.1 Å². The molecule has 4 fully saturated rings. The molecule has 1 aliphatic heterocycles. The van der Waals surface area contributed by atoms with E-state index in [1.54, 1.807) is 0 Å². The molecule has 0 amide bonds. The fraction of sp³-hybridized carbons (Fsp3) is 0.903. The van der Waals surface area contributed by atoms with Crippen molar-refractivity contribution in [2.75, 3.05) is 0 Å². The average molecular weight is 454 g/mol. The Morgan fingerprint density at radius 1 is 0.697 bits per heavy atom. The van der Waals surface area contributed by atoms with Crippen molar-refractivity contribution in [3.05, 3.63) is 12.2 Å². The van der Waals surface area contributed by atoms with E-state index < -0.39 is 0 Å². The van der Waals surface area contributed by atoms with Crippen LogP contribution in [0.5, 0.6) is 0 Å². The second-order valence-electron chi connectivity index (χ2n) is 13.6. The molecule has 4 aliphatic carbocycles. The summed E-state index contributed by atoms with van der Waals surface area (Å²) >= 11 is 0. The summed E-state index contributed by atoms with van der Waals surface area (Å²) in [5, 5.41) is 0. The molecule has 0 N–H and O–H groups in total. The van der Waals surface area contributed by atoms with Gasteiger partial charge in [-0.05, 0) is 106 Å². The first-order valence-electron chi connectivity index (χ1n) is 14.9. The first kappa shape index (κ1) is 23.9. The Morgan fingerprint density at radius 2 is 1.30 bits per heavy atom. The molecule has 2 nitrogen and oxygen atoms in total. The minimum atomic E-state index is 0.389. The van der Waals surface area contributed by atoms with E-state index in [0.29, 0.717) is 23.5 Å². The van der Waals surface area contributed by atoms with E-state index in [-0.39, 0.29) is 0 Å². The Bertz CT molecular complexity index is 680. The Labute approximate surface area is 204 Å². The average Bonchev–Trinajstić information content (AvgIpc) is 3.27. The molecule has 0 aromatic rings. The highest BCUT2D eigenvalue weighted by Gasteiger charge is 2.42. The maximum Gasteiger partial charge on any atom is 0.187 e. The van der Waals surface area contributed by atoms with Crippen LogP contribution in [-0.4, -0.2) is 18.0 Å². The van der Waals surface area contributed by atoms with Gasteiger partial charge in [-0.2, -0.15) is 0 Å². The molecule has 3 atom stereocenters. The predicted octanol–water partition coefficient (Wildman–Crippen LogP) is 8.75. The fourth-order valence-electron chi connectivity index (χ4n) is 8.02. The Hall–Kier alpha value is -0.790. The number of rotatable bonds is 4. The molecule has 0 aromatic carbocycles. The van der Waals surface area contributed by atoms with Crippen molar-refractivity contribution < 1.29 is 4.74 Å². The molecule has 186 valence electrons. The van der Waals surface area contributed by atoms with Gasteiger partial charge in [0.2, 0.25) is 0 Å². The van der Waals surface area contributed by atoms with Gasteiger partial charge in [0, 0.05) is 5.92 Å². The first-order valence-corrected chi connectivity index (χ1v) is 14.9. The lowest BCUT2D eigenvalue weighted by atomic mass is 9.70. The second kappa shape index (κ2) is 10.4. The van der Waals surface area contributed by atoms with Crippen LogP contribution in [0.25, 0.3) is 0 Å². The van der Waals surface area contributed by atoms with Gasteiger partial charge in [-0.15, -0.1) is 0 Å². The lowest BCUT2D eigenvalue weighted by Gasteiger charge is -2.37. The van der Waals surface area contributed by atoms with Gasteiger partial charge in [0.05, 0.1) is 6.04 Å². The van der Waals surface area contributed by atoms with Crippen LogP contribution >= 0.6 is 0 Å². The van der Waals surface area contributed by atoms with Crippen LogP contribution < -0.4 is 0 Å². The maximum absolute atomic E-state index is 6.45. The summed E-state index contributed by atoms with van der Waals surface area (Å²) < 4.78 is 6.45. The molecule has 0 spiro atoms. The van der Waals surface area contributed by atoms with E-state index in [9.17, 15) is 0 Å². The molecule has 4 saturated carbocycles. The van der Waals surface area contributed by atoms with Gasteiger partial charge in [0.1, 0.15) is 6.10 Å². The van der Waals surface area contributed by atoms with Crippen LogP contribution in [0.1, 0.15) is 124 Å². The summed E-state index contributed by atoms with van der Waals surface area (Å²) in [7, 11) is 0.